The summed E-state index contributed by atoms with van der Waals surface area (Å²) >= 11 is 6.04. The Morgan fingerprint density at radius 2 is 2.16 bits per heavy atom. The van der Waals surface area contributed by atoms with Crippen LogP contribution in [0.3, 0.4) is 0 Å². The third-order valence-electron chi connectivity index (χ3n) is 2.53. The third kappa shape index (κ3) is 3.20. The molecule has 0 fully saturated rings. The molecule has 0 radical (unpaired) electrons. The zero-order valence-corrected chi connectivity index (χ0v) is 11.3. The average molecular weight is 277 g/mol. The van der Waals surface area contributed by atoms with Crippen LogP contribution in [0.25, 0.3) is 0 Å². The Bertz CT molecular complexity index is 633. The Kier molecular flexibility index (Phi) is 3.97. The summed E-state index contributed by atoms with van der Waals surface area (Å²) < 4.78 is 0. The third-order valence-corrected chi connectivity index (χ3v) is 2.86. The minimum atomic E-state index is -0.365. The van der Waals surface area contributed by atoms with Crippen molar-refractivity contribution in [3.8, 4) is 0 Å². The molecule has 0 saturated carbocycles. The highest BCUT2D eigenvalue weighted by Gasteiger charge is 2.09. The molecular formula is C13H13ClN4O. The van der Waals surface area contributed by atoms with Crippen LogP contribution >= 0.6 is 11.6 Å². The van der Waals surface area contributed by atoms with E-state index in [0.717, 1.165) is 11.3 Å². The van der Waals surface area contributed by atoms with E-state index in [9.17, 15) is 4.79 Å². The highest BCUT2D eigenvalue weighted by molar-refractivity contribution is 6.34. The highest BCUT2D eigenvalue weighted by Crippen LogP contribution is 2.15. The van der Waals surface area contributed by atoms with Crippen LogP contribution in [0.5, 0.6) is 0 Å². The lowest BCUT2D eigenvalue weighted by Crippen LogP contribution is -2.19. The van der Waals surface area contributed by atoms with Gasteiger partial charge in [-0.1, -0.05) is 29.8 Å². The molecule has 1 amide bonds. The number of hydrogen-bond donors (Lipinski definition) is 2. The molecule has 0 aliphatic carbocycles. The van der Waals surface area contributed by atoms with Crippen molar-refractivity contribution in [2.75, 3.05) is 0 Å². The van der Waals surface area contributed by atoms with E-state index in [1.807, 2.05) is 25.1 Å². The first-order valence-electron chi connectivity index (χ1n) is 5.69. The molecular weight excluding hydrogens is 264 g/mol. The van der Waals surface area contributed by atoms with Gasteiger partial charge < -0.3 is 0 Å². The lowest BCUT2D eigenvalue weighted by molar-refractivity contribution is 0.0950. The number of amides is 1. The zero-order chi connectivity index (χ0) is 13.8. The Morgan fingerprint density at radius 3 is 2.79 bits per heavy atom. The predicted octanol–water partition coefficient (Wildman–Crippen LogP) is 2.53. The van der Waals surface area contributed by atoms with Gasteiger partial charge in [0.2, 0.25) is 0 Å². The van der Waals surface area contributed by atoms with Crippen LogP contribution in [0.4, 0.5) is 0 Å². The second kappa shape index (κ2) is 5.67. The van der Waals surface area contributed by atoms with Gasteiger partial charge in [-0.2, -0.15) is 10.2 Å². The van der Waals surface area contributed by atoms with E-state index in [-0.39, 0.29) is 5.91 Å². The highest BCUT2D eigenvalue weighted by atomic mass is 35.5. The largest absolute Gasteiger partial charge is 0.291 e. The number of nitrogens with one attached hydrogen (secondary N) is 2. The molecule has 1 aromatic heterocycles. The normalized spacial score (nSPS) is 11.4. The van der Waals surface area contributed by atoms with Crippen molar-refractivity contribution < 1.29 is 4.79 Å². The van der Waals surface area contributed by atoms with Gasteiger partial charge in [0.15, 0.2) is 5.69 Å². The van der Waals surface area contributed by atoms with Crippen molar-refractivity contribution in [1.29, 1.82) is 0 Å². The molecule has 2 rings (SSSR count). The van der Waals surface area contributed by atoms with Crippen LogP contribution in [0, 0.1) is 6.92 Å². The number of aromatic amines is 1. The van der Waals surface area contributed by atoms with E-state index in [2.05, 4.69) is 20.7 Å². The second-order valence-electron chi connectivity index (χ2n) is 4.05. The molecule has 2 N–H and O–H groups in total. The minimum absolute atomic E-state index is 0.299. The van der Waals surface area contributed by atoms with Crippen molar-refractivity contribution >= 4 is 23.2 Å². The van der Waals surface area contributed by atoms with E-state index in [4.69, 9.17) is 11.6 Å². The number of halogens is 1. The number of carbonyl (C=O) groups excluding carboxylic acids is 1. The molecule has 0 unspecified atom stereocenters. The van der Waals surface area contributed by atoms with Crippen molar-refractivity contribution in [3.63, 3.8) is 0 Å². The number of rotatable bonds is 3. The van der Waals surface area contributed by atoms with Gasteiger partial charge >= 0.3 is 0 Å². The summed E-state index contributed by atoms with van der Waals surface area (Å²) in [6.07, 6.45) is 0. The SMILES string of the molecule is C/C(=N\NC(=O)c1cc(C)[nH]n1)c1ccccc1Cl. The van der Waals surface area contributed by atoms with E-state index in [1.165, 1.54) is 0 Å². The molecule has 0 spiro atoms. The van der Waals surface area contributed by atoms with E-state index in [1.54, 1.807) is 19.1 Å². The van der Waals surface area contributed by atoms with Gasteiger partial charge in [0, 0.05) is 16.3 Å². The topological polar surface area (TPSA) is 70.1 Å². The standard InChI is InChI=1S/C13H13ClN4O/c1-8-7-12(17-15-8)13(19)18-16-9(2)10-5-3-4-6-11(10)14/h3-7H,1-2H3,(H,15,17)(H,18,19)/b16-9+. The molecule has 5 nitrogen and oxygen atoms in total. The zero-order valence-electron chi connectivity index (χ0n) is 10.6. The fourth-order valence-corrected chi connectivity index (χ4v) is 1.81. The van der Waals surface area contributed by atoms with Crippen molar-refractivity contribution in [1.82, 2.24) is 15.6 Å². The number of benzene rings is 1. The van der Waals surface area contributed by atoms with Gasteiger partial charge in [0.05, 0.1) is 5.71 Å². The summed E-state index contributed by atoms with van der Waals surface area (Å²) in [5.41, 5.74) is 4.97. The monoisotopic (exact) mass is 276 g/mol. The van der Waals surface area contributed by atoms with Gasteiger partial charge in [-0.05, 0) is 26.0 Å². The van der Waals surface area contributed by atoms with Gasteiger partial charge in [0.1, 0.15) is 0 Å². The number of hydrogen-bond acceptors (Lipinski definition) is 3. The van der Waals surface area contributed by atoms with Gasteiger partial charge in [-0.3, -0.25) is 9.89 Å². The summed E-state index contributed by atoms with van der Waals surface area (Å²) in [5.74, 6) is -0.365. The van der Waals surface area contributed by atoms with Crippen LogP contribution in [-0.2, 0) is 0 Å². The first kappa shape index (κ1) is 13.3. The van der Waals surface area contributed by atoms with Gasteiger partial charge in [-0.15, -0.1) is 0 Å². The number of H-pyrrole nitrogens is 1. The van der Waals surface area contributed by atoms with Gasteiger partial charge in [-0.25, -0.2) is 5.43 Å². The Hall–Kier alpha value is -2.14. The van der Waals surface area contributed by atoms with E-state index in [0.29, 0.717) is 16.4 Å². The Morgan fingerprint density at radius 1 is 1.42 bits per heavy atom. The maximum absolute atomic E-state index is 11.7. The maximum atomic E-state index is 11.7. The number of aryl methyl sites for hydroxylation is 1. The predicted molar refractivity (Wildman–Crippen MR) is 74.5 cm³/mol. The fraction of sp³-hybridized carbons (Fsp3) is 0.154. The van der Waals surface area contributed by atoms with Crippen LogP contribution in [0.15, 0.2) is 35.4 Å². The van der Waals surface area contributed by atoms with Crippen LogP contribution < -0.4 is 5.43 Å². The van der Waals surface area contributed by atoms with Crippen LogP contribution in [0.1, 0.15) is 28.7 Å². The van der Waals surface area contributed by atoms with Gasteiger partial charge in [0.25, 0.3) is 5.91 Å². The second-order valence-corrected chi connectivity index (χ2v) is 4.46. The van der Waals surface area contributed by atoms with Crippen molar-refractivity contribution in [2.45, 2.75) is 13.8 Å². The number of hydrazone groups is 1. The average Bonchev–Trinajstić information content (AvgIpc) is 2.83. The van der Waals surface area contributed by atoms with Crippen LogP contribution in [-0.4, -0.2) is 21.8 Å². The maximum Gasteiger partial charge on any atom is 0.291 e. The Labute approximate surface area is 115 Å². The van der Waals surface area contributed by atoms with E-state index < -0.39 is 0 Å². The quantitative estimate of drug-likeness (QED) is 0.668. The van der Waals surface area contributed by atoms with Crippen molar-refractivity contribution in [3.05, 3.63) is 52.3 Å². The first-order chi connectivity index (χ1) is 9.08. The molecule has 19 heavy (non-hydrogen) atoms. The smallest absolute Gasteiger partial charge is 0.282 e. The number of aromatic nitrogens is 2. The summed E-state index contributed by atoms with van der Waals surface area (Å²) in [7, 11) is 0. The Balaban J connectivity index is 2.11. The molecule has 0 atom stereocenters. The lowest BCUT2D eigenvalue weighted by atomic mass is 10.1. The summed E-state index contributed by atoms with van der Waals surface area (Å²) in [6, 6.07) is 8.96. The lowest BCUT2D eigenvalue weighted by Gasteiger charge is -2.03. The molecule has 0 aliphatic rings. The summed E-state index contributed by atoms with van der Waals surface area (Å²) in [4.78, 5) is 11.7. The molecule has 98 valence electrons. The molecule has 2 aromatic rings. The molecule has 0 bridgehead atoms. The molecule has 0 aliphatic heterocycles. The fourth-order valence-electron chi connectivity index (χ4n) is 1.54. The number of nitrogens with zero attached hydrogens (tertiary/aromatic N) is 2. The molecule has 1 aromatic carbocycles. The van der Waals surface area contributed by atoms with Crippen molar-refractivity contribution in [2.24, 2.45) is 5.10 Å². The molecule has 1 heterocycles. The molecule has 0 saturated heterocycles. The number of carbonyl (C=O) groups is 1. The van der Waals surface area contributed by atoms with Crippen LogP contribution in [0.2, 0.25) is 5.02 Å². The van der Waals surface area contributed by atoms with E-state index >= 15 is 0 Å². The summed E-state index contributed by atoms with van der Waals surface area (Å²) in [6.45, 7) is 3.60. The first-order valence-corrected chi connectivity index (χ1v) is 6.07. The molecule has 6 heteroatoms. The summed E-state index contributed by atoms with van der Waals surface area (Å²) in [5, 5.41) is 11.2. The minimum Gasteiger partial charge on any atom is -0.282 e.